The van der Waals surface area contributed by atoms with E-state index in [1.54, 1.807) is 6.07 Å². The quantitative estimate of drug-likeness (QED) is 0.302. The molecule has 0 radical (unpaired) electrons. The van der Waals surface area contributed by atoms with E-state index in [4.69, 9.17) is 5.11 Å². The molecule has 0 aliphatic heterocycles. The minimum absolute atomic E-state index is 0.0476. The number of aromatic hydroxyl groups is 4. The van der Waals surface area contributed by atoms with Gasteiger partial charge in [-0.3, -0.25) is 0 Å². The maximum atomic E-state index is 9.73. The summed E-state index contributed by atoms with van der Waals surface area (Å²) >= 11 is 0. The Morgan fingerprint density at radius 2 is 1.10 bits per heavy atom. The van der Waals surface area contributed by atoms with Crippen LogP contribution in [-0.4, -0.2) is 55.8 Å². The van der Waals surface area contributed by atoms with Gasteiger partial charge in [0.15, 0.2) is 11.5 Å². The molecule has 0 spiro atoms. The molecule has 0 aliphatic carbocycles. The zero-order valence-electron chi connectivity index (χ0n) is 17.9. The second kappa shape index (κ2) is 12.2. The number of nitrogens with one attached hydrogen (secondary N) is 2. The first kappa shape index (κ1) is 25.5. The minimum Gasteiger partial charge on any atom is -0.508 e. The molecule has 168 valence electrons. The molecule has 0 aliphatic rings. The molecule has 8 heteroatoms. The van der Waals surface area contributed by atoms with E-state index >= 15 is 0 Å². The van der Waals surface area contributed by atoms with Crippen molar-refractivity contribution in [1.29, 1.82) is 0 Å². The maximum absolute atomic E-state index is 9.73. The van der Waals surface area contributed by atoms with E-state index < -0.39 is 12.2 Å². The summed E-state index contributed by atoms with van der Waals surface area (Å²) < 4.78 is 0. The number of phenols is 4. The van der Waals surface area contributed by atoms with Gasteiger partial charge in [0.2, 0.25) is 0 Å². The van der Waals surface area contributed by atoms with Gasteiger partial charge in [-0.1, -0.05) is 33.8 Å². The molecular weight excluding hydrogens is 388 g/mol. The first-order chi connectivity index (χ1) is 14.0. The molecule has 2 atom stereocenters. The fraction of sp³-hybridized carbons (Fsp3) is 0.455. The molecule has 8 nitrogen and oxygen atoms in total. The first-order valence-corrected chi connectivity index (χ1v) is 9.87. The second-order valence-corrected chi connectivity index (χ2v) is 7.69. The highest BCUT2D eigenvalue weighted by Crippen LogP contribution is 2.27. The second-order valence-electron chi connectivity index (χ2n) is 7.69. The number of aliphatic hydroxyl groups is 2. The Balaban J connectivity index is 0.000000300. The summed E-state index contributed by atoms with van der Waals surface area (Å²) in [6.45, 7) is 8.74. The average Bonchev–Trinajstić information content (AvgIpc) is 2.66. The number of phenolic OH excluding ortho intramolecular Hbond substituents is 4. The molecule has 2 rings (SSSR count). The SMILES string of the molecule is CC(C)NCC(O)c1cc(O)cc(O)c1.CC(C)NCC(O)c1ccc(O)c(O)c1. The van der Waals surface area contributed by atoms with E-state index in [-0.39, 0.29) is 29.0 Å². The van der Waals surface area contributed by atoms with Crippen molar-refractivity contribution < 1.29 is 30.6 Å². The van der Waals surface area contributed by atoms with E-state index in [1.165, 1.54) is 30.3 Å². The molecule has 0 bridgehead atoms. The monoisotopic (exact) mass is 422 g/mol. The van der Waals surface area contributed by atoms with Crippen LogP contribution >= 0.6 is 0 Å². The third-order valence-corrected chi connectivity index (χ3v) is 4.13. The van der Waals surface area contributed by atoms with Gasteiger partial charge in [0.05, 0.1) is 12.2 Å². The summed E-state index contributed by atoms with van der Waals surface area (Å²) in [6.07, 6.45) is -1.41. The minimum atomic E-state index is -0.731. The van der Waals surface area contributed by atoms with Gasteiger partial charge in [0, 0.05) is 31.2 Å². The van der Waals surface area contributed by atoms with Crippen molar-refractivity contribution in [1.82, 2.24) is 10.6 Å². The Bertz CT molecular complexity index is 762. The Kier molecular flexibility index (Phi) is 10.4. The molecule has 30 heavy (non-hydrogen) atoms. The zero-order chi connectivity index (χ0) is 22.8. The lowest BCUT2D eigenvalue weighted by Crippen LogP contribution is -2.27. The third-order valence-electron chi connectivity index (χ3n) is 4.13. The highest BCUT2D eigenvalue weighted by atomic mass is 16.3. The van der Waals surface area contributed by atoms with Crippen LogP contribution in [0.4, 0.5) is 0 Å². The highest BCUT2D eigenvalue weighted by Gasteiger charge is 2.11. The highest BCUT2D eigenvalue weighted by molar-refractivity contribution is 5.41. The van der Waals surface area contributed by atoms with Crippen LogP contribution in [0.1, 0.15) is 51.0 Å². The van der Waals surface area contributed by atoms with Crippen molar-refractivity contribution in [3.05, 3.63) is 47.5 Å². The molecule has 0 saturated carbocycles. The normalized spacial score (nSPS) is 13.1. The zero-order valence-corrected chi connectivity index (χ0v) is 17.9. The predicted octanol–water partition coefficient (Wildman–Crippen LogP) is 2.26. The van der Waals surface area contributed by atoms with Crippen LogP contribution in [0.2, 0.25) is 0 Å². The van der Waals surface area contributed by atoms with Gasteiger partial charge in [-0.2, -0.15) is 0 Å². The first-order valence-electron chi connectivity index (χ1n) is 9.87. The van der Waals surface area contributed by atoms with Crippen LogP contribution in [0.15, 0.2) is 36.4 Å². The number of hydrogen-bond acceptors (Lipinski definition) is 8. The topological polar surface area (TPSA) is 145 Å². The lowest BCUT2D eigenvalue weighted by atomic mass is 10.1. The summed E-state index contributed by atoms with van der Waals surface area (Å²) in [5.41, 5.74) is 1.08. The number of benzene rings is 2. The molecule has 0 saturated heterocycles. The largest absolute Gasteiger partial charge is 0.508 e. The summed E-state index contributed by atoms with van der Waals surface area (Å²) in [5.74, 6) is -0.485. The van der Waals surface area contributed by atoms with Crippen LogP contribution < -0.4 is 10.6 Å². The summed E-state index contributed by atoms with van der Waals surface area (Å²) in [7, 11) is 0. The molecule has 0 fully saturated rings. The van der Waals surface area contributed by atoms with Crippen LogP contribution in [0.5, 0.6) is 23.0 Å². The molecule has 2 aromatic carbocycles. The van der Waals surface area contributed by atoms with Gasteiger partial charge >= 0.3 is 0 Å². The molecule has 8 N–H and O–H groups in total. The summed E-state index contributed by atoms with van der Waals surface area (Å²) in [6, 6.07) is 8.99. The fourth-order valence-corrected chi connectivity index (χ4v) is 2.49. The molecule has 0 aromatic heterocycles. The van der Waals surface area contributed by atoms with E-state index in [2.05, 4.69) is 10.6 Å². The van der Waals surface area contributed by atoms with E-state index in [9.17, 15) is 25.5 Å². The van der Waals surface area contributed by atoms with Crippen molar-refractivity contribution in [2.75, 3.05) is 13.1 Å². The fourth-order valence-electron chi connectivity index (χ4n) is 2.49. The third kappa shape index (κ3) is 9.32. The lowest BCUT2D eigenvalue weighted by molar-refractivity contribution is 0.171. The van der Waals surface area contributed by atoms with Gasteiger partial charge < -0.3 is 41.3 Å². The molecule has 2 aromatic rings. The number of aliphatic hydroxyl groups excluding tert-OH is 2. The molecule has 0 amide bonds. The summed E-state index contributed by atoms with van der Waals surface area (Å²) in [4.78, 5) is 0. The van der Waals surface area contributed by atoms with Crippen molar-refractivity contribution in [3.8, 4) is 23.0 Å². The Morgan fingerprint density at radius 3 is 1.53 bits per heavy atom. The summed E-state index contributed by atoms with van der Waals surface area (Å²) in [5, 5.41) is 62.4. The number of rotatable bonds is 8. The van der Waals surface area contributed by atoms with Gasteiger partial charge in [0.25, 0.3) is 0 Å². The Morgan fingerprint density at radius 1 is 0.633 bits per heavy atom. The predicted molar refractivity (Wildman–Crippen MR) is 116 cm³/mol. The van der Waals surface area contributed by atoms with Crippen LogP contribution in [0.3, 0.4) is 0 Å². The van der Waals surface area contributed by atoms with Crippen LogP contribution in [0, 0.1) is 0 Å². The smallest absolute Gasteiger partial charge is 0.157 e. The Hall–Kier alpha value is -2.52. The van der Waals surface area contributed by atoms with Crippen molar-refractivity contribution in [3.63, 3.8) is 0 Å². The van der Waals surface area contributed by atoms with Crippen molar-refractivity contribution in [2.45, 2.75) is 52.0 Å². The van der Waals surface area contributed by atoms with Crippen molar-refractivity contribution >= 4 is 0 Å². The van der Waals surface area contributed by atoms with Gasteiger partial charge in [-0.15, -0.1) is 0 Å². The van der Waals surface area contributed by atoms with Gasteiger partial charge in [-0.25, -0.2) is 0 Å². The van der Waals surface area contributed by atoms with Gasteiger partial charge in [-0.05, 0) is 35.4 Å². The maximum Gasteiger partial charge on any atom is 0.157 e. The van der Waals surface area contributed by atoms with Crippen LogP contribution in [0.25, 0.3) is 0 Å². The van der Waals surface area contributed by atoms with E-state index in [0.29, 0.717) is 30.3 Å². The van der Waals surface area contributed by atoms with Crippen molar-refractivity contribution in [2.24, 2.45) is 0 Å². The number of hydrogen-bond donors (Lipinski definition) is 8. The Labute approximate surface area is 177 Å². The van der Waals surface area contributed by atoms with E-state index in [0.717, 1.165) is 0 Å². The van der Waals surface area contributed by atoms with Gasteiger partial charge in [0.1, 0.15) is 11.5 Å². The lowest BCUT2D eigenvalue weighted by Gasteiger charge is -2.14. The average molecular weight is 423 g/mol. The standard InChI is InChI=1S/2C11H17NO3/c1-7(2)12-6-11(15)8-3-9(13)5-10(14)4-8;1-7(2)12-6-11(15)8-3-4-9(13)10(14)5-8/h2*3-5,7,11-15H,6H2,1-2H3. The van der Waals surface area contributed by atoms with Crippen LogP contribution in [-0.2, 0) is 0 Å². The van der Waals surface area contributed by atoms with E-state index in [1.807, 2.05) is 27.7 Å². The molecule has 2 unspecified atom stereocenters. The molecule has 0 heterocycles. The molecular formula is C22H34N2O6.